The first-order valence-corrected chi connectivity index (χ1v) is 7.11. The fourth-order valence-electron chi connectivity index (χ4n) is 2.36. The normalized spacial score (nSPS) is 12.2. The predicted molar refractivity (Wildman–Crippen MR) is 80.3 cm³/mol. The molecule has 1 N–H and O–H groups in total. The molecule has 1 aromatic rings. The van der Waals surface area contributed by atoms with Crippen molar-refractivity contribution >= 4 is 5.91 Å². The Bertz CT molecular complexity index is 386. The number of amides is 1. The van der Waals surface area contributed by atoms with Crippen molar-refractivity contribution in [2.75, 3.05) is 20.1 Å². The minimum atomic E-state index is 0.184. The fraction of sp³-hybridized carbons (Fsp3) is 0.562. The number of carbonyl (C=O) groups excluding carboxylic acids is 1. The molecular formula is C16H26N2O. The largest absolute Gasteiger partial charge is 0.339 e. The summed E-state index contributed by atoms with van der Waals surface area (Å²) in [6.45, 7) is 7.47. The average Bonchev–Trinajstić information content (AvgIpc) is 2.41. The molecule has 3 nitrogen and oxygen atoms in total. The summed E-state index contributed by atoms with van der Waals surface area (Å²) in [5.74, 6) is 0.184. The van der Waals surface area contributed by atoms with Crippen LogP contribution in [0.2, 0.25) is 0 Å². The molecule has 0 aliphatic heterocycles. The monoisotopic (exact) mass is 262 g/mol. The van der Waals surface area contributed by atoms with Gasteiger partial charge in [-0.25, -0.2) is 0 Å². The Morgan fingerprint density at radius 2 is 1.89 bits per heavy atom. The van der Waals surface area contributed by atoms with Crippen LogP contribution in [0.3, 0.4) is 0 Å². The Hall–Kier alpha value is -1.35. The lowest BCUT2D eigenvalue weighted by atomic mass is 10.0. The number of nitrogens with zero attached hydrogens (tertiary/aromatic N) is 1. The van der Waals surface area contributed by atoms with E-state index in [1.807, 2.05) is 18.9 Å². The van der Waals surface area contributed by atoms with Crippen molar-refractivity contribution in [2.24, 2.45) is 0 Å². The van der Waals surface area contributed by atoms with Crippen molar-refractivity contribution in [2.45, 2.75) is 39.7 Å². The van der Waals surface area contributed by atoms with Crippen LogP contribution >= 0.6 is 0 Å². The van der Waals surface area contributed by atoms with Crippen LogP contribution in [0.1, 0.15) is 31.4 Å². The van der Waals surface area contributed by atoms with E-state index in [1.165, 1.54) is 11.1 Å². The van der Waals surface area contributed by atoms with E-state index in [4.69, 9.17) is 0 Å². The van der Waals surface area contributed by atoms with Crippen LogP contribution in [0.25, 0.3) is 0 Å². The first-order chi connectivity index (χ1) is 9.12. The Morgan fingerprint density at radius 3 is 2.37 bits per heavy atom. The summed E-state index contributed by atoms with van der Waals surface area (Å²) in [6, 6.07) is 8.87. The molecule has 1 rings (SSSR count). The van der Waals surface area contributed by atoms with Gasteiger partial charge in [0, 0.05) is 12.6 Å². The molecule has 0 fully saturated rings. The molecule has 0 aromatic heterocycles. The quantitative estimate of drug-likeness (QED) is 0.818. The maximum atomic E-state index is 12.1. The molecule has 0 aliphatic rings. The lowest BCUT2D eigenvalue weighted by Gasteiger charge is -2.30. The number of nitrogens with one attached hydrogen (secondary N) is 1. The van der Waals surface area contributed by atoms with Gasteiger partial charge in [-0.3, -0.25) is 4.79 Å². The van der Waals surface area contributed by atoms with Gasteiger partial charge in [0.15, 0.2) is 0 Å². The van der Waals surface area contributed by atoms with E-state index in [-0.39, 0.29) is 11.9 Å². The van der Waals surface area contributed by atoms with Crippen molar-refractivity contribution in [1.82, 2.24) is 10.2 Å². The summed E-state index contributed by atoms with van der Waals surface area (Å²) >= 11 is 0. The zero-order chi connectivity index (χ0) is 14.3. The maximum absolute atomic E-state index is 12.1. The van der Waals surface area contributed by atoms with Crippen LogP contribution in [-0.4, -0.2) is 37.0 Å². The Kier molecular flexibility index (Phi) is 6.57. The molecule has 0 saturated carbocycles. The summed E-state index contributed by atoms with van der Waals surface area (Å²) in [5.41, 5.74) is 2.57. The number of likely N-dealkylation sites (N-methyl/N-ethyl adjacent to an activating group) is 2. The third-order valence-electron chi connectivity index (χ3n) is 3.49. The fourth-order valence-corrected chi connectivity index (χ4v) is 2.36. The molecule has 1 atom stereocenters. The molecule has 19 heavy (non-hydrogen) atoms. The van der Waals surface area contributed by atoms with Crippen molar-refractivity contribution < 1.29 is 4.79 Å². The van der Waals surface area contributed by atoms with Gasteiger partial charge < -0.3 is 10.2 Å². The van der Waals surface area contributed by atoms with Gasteiger partial charge >= 0.3 is 0 Å². The minimum absolute atomic E-state index is 0.184. The topological polar surface area (TPSA) is 32.3 Å². The third kappa shape index (κ3) is 4.67. The highest BCUT2D eigenvalue weighted by Gasteiger charge is 2.20. The molecular weight excluding hydrogens is 236 g/mol. The number of hydrogen-bond acceptors (Lipinski definition) is 2. The zero-order valence-corrected chi connectivity index (χ0v) is 12.6. The number of hydrogen-bond donors (Lipinski definition) is 1. The Labute approximate surface area is 117 Å². The molecule has 3 heteroatoms. The van der Waals surface area contributed by atoms with Crippen LogP contribution in [0.5, 0.6) is 0 Å². The summed E-state index contributed by atoms with van der Waals surface area (Å²) in [4.78, 5) is 14.1. The summed E-state index contributed by atoms with van der Waals surface area (Å²) in [5, 5.41) is 2.94. The number of aryl methyl sites for hydroxylation is 1. The Balaban J connectivity index is 2.74. The zero-order valence-electron chi connectivity index (χ0n) is 12.6. The lowest BCUT2D eigenvalue weighted by molar-refractivity contribution is -0.132. The minimum Gasteiger partial charge on any atom is -0.339 e. The maximum Gasteiger partial charge on any atom is 0.236 e. The molecule has 1 amide bonds. The van der Waals surface area contributed by atoms with E-state index in [2.05, 4.69) is 43.4 Å². The molecule has 106 valence electrons. The Morgan fingerprint density at radius 1 is 1.26 bits per heavy atom. The highest BCUT2D eigenvalue weighted by molar-refractivity contribution is 5.78. The smallest absolute Gasteiger partial charge is 0.236 e. The van der Waals surface area contributed by atoms with Crippen LogP contribution in [-0.2, 0) is 11.2 Å². The van der Waals surface area contributed by atoms with Crippen LogP contribution in [0, 0.1) is 6.92 Å². The highest BCUT2D eigenvalue weighted by atomic mass is 16.2. The van der Waals surface area contributed by atoms with Gasteiger partial charge in [0.2, 0.25) is 5.91 Å². The molecule has 0 bridgehead atoms. The van der Waals surface area contributed by atoms with Crippen molar-refractivity contribution in [3.05, 3.63) is 35.4 Å². The highest BCUT2D eigenvalue weighted by Crippen LogP contribution is 2.13. The summed E-state index contributed by atoms with van der Waals surface area (Å²) < 4.78 is 0. The average molecular weight is 262 g/mol. The third-order valence-corrected chi connectivity index (χ3v) is 3.49. The molecule has 0 radical (unpaired) electrons. The van der Waals surface area contributed by atoms with Gasteiger partial charge in [0.1, 0.15) is 0 Å². The summed E-state index contributed by atoms with van der Waals surface area (Å²) in [6.07, 6.45) is 1.91. The number of rotatable bonds is 7. The van der Waals surface area contributed by atoms with Crippen LogP contribution in [0.15, 0.2) is 24.3 Å². The van der Waals surface area contributed by atoms with Gasteiger partial charge in [0.05, 0.1) is 6.54 Å². The lowest BCUT2D eigenvalue weighted by Crippen LogP contribution is -2.44. The van der Waals surface area contributed by atoms with Gasteiger partial charge in [0.25, 0.3) is 0 Å². The van der Waals surface area contributed by atoms with E-state index >= 15 is 0 Å². The summed E-state index contributed by atoms with van der Waals surface area (Å²) in [7, 11) is 1.81. The first kappa shape index (κ1) is 15.7. The second kappa shape index (κ2) is 7.95. The van der Waals surface area contributed by atoms with Crippen molar-refractivity contribution in [1.29, 1.82) is 0 Å². The van der Waals surface area contributed by atoms with E-state index in [0.29, 0.717) is 6.54 Å². The molecule has 0 saturated heterocycles. The van der Waals surface area contributed by atoms with Gasteiger partial charge in [-0.2, -0.15) is 0 Å². The second-order valence-corrected chi connectivity index (χ2v) is 4.96. The molecule has 0 aliphatic carbocycles. The molecule has 1 unspecified atom stereocenters. The van der Waals surface area contributed by atoms with Gasteiger partial charge in [-0.1, -0.05) is 36.8 Å². The van der Waals surface area contributed by atoms with Crippen LogP contribution < -0.4 is 5.32 Å². The van der Waals surface area contributed by atoms with E-state index < -0.39 is 0 Å². The molecule has 1 aromatic carbocycles. The van der Waals surface area contributed by atoms with E-state index in [0.717, 1.165) is 19.4 Å². The van der Waals surface area contributed by atoms with Gasteiger partial charge in [-0.15, -0.1) is 0 Å². The second-order valence-electron chi connectivity index (χ2n) is 4.96. The predicted octanol–water partition coefficient (Wildman–Crippen LogP) is 2.38. The number of carbonyl (C=O) groups is 1. The molecule has 0 heterocycles. The number of benzene rings is 1. The van der Waals surface area contributed by atoms with Crippen LogP contribution in [0.4, 0.5) is 0 Å². The van der Waals surface area contributed by atoms with Crippen molar-refractivity contribution in [3.8, 4) is 0 Å². The standard InChI is InChI=1S/C16H26N2O/c1-5-15(18(6-2)16(19)12-17-4)11-14-9-7-13(3)8-10-14/h7-10,15,17H,5-6,11-12H2,1-4H3. The van der Waals surface area contributed by atoms with E-state index in [1.54, 1.807) is 0 Å². The molecule has 0 spiro atoms. The SMILES string of the molecule is CCC(Cc1ccc(C)cc1)N(CC)C(=O)CNC. The first-order valence-electron chi connectivity index (χ1n) is 7.11. The van der Waals surface area contributed by atoms with E-state index in [9.17, 15) is 4.79 Å². The van der Waals surface area contributed by atoms with Gasteiger partial charge in [-0.05, 0) is 39.3 Å². The van der Waals surface area contributed by atoms with Crippen molar-refractivity contribution in [3.63, 3.8) is 0 Å².